The van der Waals surface area contributed by atoms with Gasteiger partial charge in [0, 0.05) is 18.0 Å². The maximum atomic E-state index is 13.2. The van der Waals surface area contributed by atoms with Crippen LogP contribution < -0.4 is 5.56 Å². The van der Waals surface area contributed by atoms with Crippen molar-refractivity contribution >= 4 is 39.1 Å². The fraction of sp³-hybridized carbons (Fsp3) is 0.286. The minimum Gasteiger partial charge on any atom is -0.508 e. The summed E-state index contributed by atoms with van der Waals surface area (Å²) in [7, 11) is 0. The summed E-state index contributed by atoms with van der Waals surface area (Å²) in [5.41, 5.74) is 1.81. The summed E-state index contributed by atoms with van der Waals surface area (Å²) in [5.74, 6) is 0.295. The highest BCUT2D eigenvalue weighted by Crippen LogP contribution is 2.28. The first-order valence-corrected chi connectivity index (χ1v) is 10.1. The first kappa shape index (κ1) is 18.4. The molecule has 0 aliphatic carbocycles. The molecule has 0 saturated carbocycles. The van der Waals surface area contributed by atoms with Crippen LogP contribution in [0.4, 0.5) is 0 Å². The van der Waals surface area contributed by atoms with Gasteiger partial charge in [-0.3, -0.25) is 9.59 Å². The summed E-state index contributed by atoms with van der Waals surface area (Å²) < 4.78 is 0. The number of phenolic OH excluding ortho intramolecular Hbond substituents is 1. The normalized spacial score (nSPS) is 14.8. The Labute approximate surface area is 166 Å². The highest BCUT2D eigenvalue weighted by molar-refractivity contribution is 7.18. The Hall–Kier alpha value is -2.93. The van der Waals surface area contributed by atoms with Crippen molar-refractivity contribution in [2.24, 2.45) is 0 Å². The van der Waals surface area contributed by atoms with E-state index < -0.39 is 0 Å². The molecular formula is C21H21N3O3S. The molecule has 0 spiro atoms. The third kappa shape index (κ3) is 3.33. The monoisotopic (exact) mass is 395 g/mol. The number of hydrogen-bond donors (Lipinski definition) is 2. The van der Waals surface area contributed by atoms with Crippen LogP contribution in [0.3, 0.4) is 0 Å². The number of likely N-dealkylation sites (tertiary alicyclic amines) is 1. The Morgan fingerprint density at radius 3 is 2.57 bits per heavy atom. The summed E-state index contributed by atoms with van der Waals surface area (Å²) in [6.07, 6.45) is 3.67. The number of aromatic nitrogens is 2. The van der Waals surface area contributed by atoms with Crippen molar-refractivity contribution in [3.63, 3.8) is 0 Å². The van der Waals surface area contributed by atoms with E-state index in [0.717, 1.165) is 28.8 Å². The quantitative estimate of drug-likeness (QED) is 0.665. The lowest BCUT2D eigenvalue weighted by Crippen LogP contribution is -2.29. The molecule has 0 bridgehead atoms. The van der Waals surface area contributed by atoms with E-state index >= 15 is 0 Å². The summed E-state index contributed by atoms with van der Waals surface area (Å²) in [5, 5.41) is 10.1. The molecule has 0 unspecified atom stereocenters. The Bertz CT molecular complexity index is 1140. The second-order valence-electron chi connectivity index (χ2n) is 7.03. The van der Waals surface area contributed by atoms with Crippen LogP contribution in [0.1, 0.15) is 34.7 Å². The molecule has 1 fully saturated rings. The molecule has 1 aliphatic heterocycles. The number of nitrogens with zero attached hydrogens (tertiary/aromatic N) is 2. The number of amides is 1. The van der Waals surface area contributed by atoms with Gasteiger partial charge in [-0.15, -0.1) is 11.3 Å². The van der Waals surface area contributed by atoms with Crippen LogP contribution in [0.15, 0.2) is 29.1 Å². The van der Waals surface area contributed by atoms with Crippen molar-refractivity contribution in [2.75, 3.05) is 13.1 Å². The average molecular weight is 395 g/mol. The first-order chi connectivity index (χ1) is 13.4. The fourth-order valence-corrected chi connectivity index (χ4v) is 4.47. The van der Waals surface area contributed by atoms with Crippen molar-refractivity contribution in [3.8, 4) is 5.75 Å². The Morgan fingerprint density at radius 1 is 1.21 bits per heavy atom. The Kier molecular flexibility index (Phi) is 4.77. The average Bonchev–Trinajstić information content (AvgIpc) is 3.30. The number of aromatic hydroxyl groups is 1. The van der Waals surface area contributed by atoms with Gasteiger partial charge in [-0.05, 0) is 56.0 Å². The topological polar surface area (TPSA) is 86.3 Å². The van der Waals surface area contributed by atoms with Crippen molar-refractivity contribution < 1.29 is 9.90 Å². The van der Waals surface area contributed by atoms with Crippen LogP contribution in [-0.2, 0) is 4.79 Å². The molecule has 4 rings (SSSR count). The molecule has 0 atom stereocenters. The number of carbonyl (C=O) groups excluding carboxylic acids is 1. The molecule has 0 radical (unpaired) electrons. The van der Waals surface area contributed by atoms with Gasteiger partial charge < -0.3 is 15.0 Å². The molecule has 1 saturated heterocycles. The number of rotatable bonds is 3. The second kappa shape index (κ2) is 7.24. The minimum atomic E-state index is -0.229. The highest BCUT2D eigenvalue weighted by Gasteiger charge is 2.25. The summed E-state index contributed by atoms with van der Waals surface area (Å²) in [6.45, 7) is 5.28. The SMILES string of the molecule is Cc1sc2nc(/C(=C\c3ccc(O)cc3)C(=O)N3CCCC3)[nH]c(=O)c2c1C. The largest absolute Gasteiger partial charge is 0.508 e. The maximum Gasteiger partial charge on any atom is 0.260 e. The van der Waals surface area contributed by atoms with E-state index in [-0.39, 0.29) is 23.0 Å². The van der Waals surface area contributed by atoms with Crippen LogP contribution in [0.25, 0.3) is 21.9 Å². The van der Waals surface area contributed by atoms with Crippen molar-refractivity contribution in [1.29, 1.82) is 0 Å². The molecule has 2 N–H and O–H groups in total. The molecule has 7 heteroatoms. The molecule has 28 heavy (non-hydrogen) atoms. The van der Waals surface area contributed by atoms with Crippen LogP contribution in [0.5, 0.6) is 5.75 Å². The van der Waals surface area contributed by atoms with E-state index in [9.17, 15) is 14.7 Å². The number of benzene rings is 1. The molecule has 1 amide bonds. The molecule has 6 nitrogen and oxygen atoms in total. The third-order valence-corrected chi connectivity index (χ3v) is 6.22. The van der Waals surface area contributed by atoms with Crippen LogP contribution in [0, 0.1) is 13.8 Å². The molecule has 2 aromatic heterocycles. The predicted octanol–water partition coefficient (Wildman–Crippen LogP) is 3.47. The van der Waals surface area contributed by atoms with Gasteiger partial charge >= 0.3 is 0 Å². The predicted molar refractivity (Wildman–Crippen MR) is 112 cm³/mol. The van der Waals surface area contributed by atoms with E-state index in [2.05, 4.69) is 9.97 Å². The Balaban J connectivity index is 1.87. The van der Waals surface area contributed by atoms with Crippen molar-refractivity contribution in [3.05, 3.63) is 56.4 Å². The minimum absolute atomic E-state index is 0.141. The van der Waals surface area contributed by atoms with Gasteiger partial charge in [-0.1, -0.05) is 12.1 Å². The molecule has 144 valence electrons. The van der Waals surface area contributed by atoms with E-state index in [1.165, 1.54) is 11.3 Å². The van der Waals surface area contributed by atoms with E-state index in [1.807, 2.05) is 13.8 Å². The first-order valence-electron chi connectivity index (χ1n) is 9.24. The van der Waals surface area contributed by atoms with E-state index in [4.69, 9.17) is 0 Å². The number of fused-ring (bicyclic) bond motifs is 1. The number of thiophene rings is 1. The molecule has 3 heterocycles. The van der Waals surface area contributed by atoms with Gasteiger partial charge in [0.05, 0.1) is 11.0 Å². The summed E-state index contributed by atoms with van der Waals surface area (Å²) >= 11 is 1.46. The number of phenols is 1. The van der Waals surface area contributed by atoms with Crippen LogP contribution in [0.2, 0.25) is 0 Å². The lowest BCUT2D eigenvalue weighted by atomic mass is 10.1. The van der Waals surface area contributed by atoms with Crippen molar-refractivity contribution in [1.82, 2.24) is 14.9 Å². The number of H-pyrrole nitrogens is 1. The zero-order valence-electron chi connectivity index (χ0n) is 15.8. The van der Waals surface area contributed by atoms with Gasteiger partial charge in [0.2, 0.25) is 0 Å². The molecule has 1 aromatic carbocycles. The number of aryl methyl sites for hydroxylation is 2. The van der Waals surface area contributed by atoms with E-state index in [1.54, 1.807) is 35.2 Å². The number of carbonyl (C=O) groups is 1. The summed E-state index contributed by atoms with van der Waals surface area (Å²) in [6, 6.07) is 6.58. The van der Waals surface area contributed by atoms with Crippen LogP contribution >= 0.6 is 11.3 Å². The smallest absolute Gasteiger partial charge is 0.260 e. The number of hydrogen-bond acceptors (Lipinski definition) is 5. The van der Waals surface area contributed by atoms with Gasteiger partial charge in [0.1, 0.15) is 16.4 Å². The zero-order chi connectivity index (χ0) is 19.8. The summed E-state index contributed by atoms with van der Waals surface area (Å²) in [4.78, 5) is 36.8. The zero-order valence-corrected chi connectivity index (χ0v) is 16.6. The standard InChI is InChI=1S/C21H21N3O3S/c1-12-13(2)28-20-17(12)19(26)22-18(23-20)16(21(27)24-9-3-4-10-24)11-14-5-7-15(25)8-6-14/h5-8,11,25H,3-4,9-10H2,1-2H3,(H,22,23,26)/b16-11+. The van der Waals surface area contributed by atoms with Gasteiger partial charge in [-0.25, -0.2) is 4.98 Å². The lowest BCUT2D eigenvalue weighted by molar-refractivity contribution is -0.123. The van der Waals surface area contributed by atoms with Gasteiger partial charge in [0.15, 0.2) is 0 Å². The molecular weight excluding hydrogens is 374 g/mol. The molecule has 3 aromatic rings. The lowest BCUT2D eigenvalue weighted by Gasteiger charge is -2.17. The highest BCUT2D eigenvalue weighted by atomic mass is 32.1. The van der Waals surface area contributed by atoms with Gasteiger partial charge in [0.25, 0.3) is 11.5 Å². The fourth-order valence-electron chi connectivity index (χ4n) is 3.44. The molecule has 1 aliphatic rings. The van der Waals surface area contributed by atoms with E-state index in [0.29, 0.717) is 28.9 Å². The van der Waals surface area contributed by atoms with Crippen molar-refractivity contribution in [2.45, 2.75) is 26.7 Å². The third-order valence-electron chi connectivity index (χ3n) is 5.12. The van der Waals surface area contributed by atoms with Crippen LogP contribution in [-0.4, -0.2) is 39.0 Å². The Morgan fingerprint density at radius 2 is 1.89 bits per heavy atom. The number of nitrogens with one attached hydrogen (secondary N) is 1. The number of aromatic amines is 1. The maximum absolute atomic E-state index is 13.2. The second-order valence-corrected chi connectivity index (χ2v) is 8.23. The van der Waals surface area contributed by atoms with Gasteiger partial charge in [-0.2, -0.15) is 0 Å².